The lowest BCUT2D eigenvalue weighted by Crippen LogP contribution is -2.29. The van der Waals surface area contributed by atoms with Gasteiger partial charge in [0, 0.05) is 40.6 Å². The fourth-order valence-corrected chi connectivity index (χ4v) is 3.68. The van der Waals surface area contributed by atoms with Crippen LogP contribution in [-0.2, 0) is 0 Å². The molecule has 0 unspecified atom stereocenters. The molecule has 3 nitrogen and oxygen atoms in total. The summed E-state index contributed by atoms with van der Waals surface area (Å²) in [5.41, 5.74) is 3.13. The second-order valence-electron chi connectivity index (χ2n) is 6.96. The summed E-state index contributed by atoms with van der Waals surface area (Å²) in [6, 6.07) is 7.67. The third-order valence-electron chi connectivity index (χ3n) is 5.14. The fraction of sp³-hybridized carbons (Fsp3) is 0.333. The molecule has 0 radical (unpaired) electrons. The number of halogens is 3. The van der Waals surface area contributed by atoms with Gasteiger partial charge in [0.05, 0.1) is 0 Å². The lowest BCUT2D eigenvalue weighted by Gasteiger charge is -2.28. The number of nitrogens with one attached hydrogen (secondary N) is 2. The van der Waals surface area contributed by atoms with Crippen LogP contribution in [0.3, 0.4) is 0 Å². The third-order valence-corrected chi connectivity index (χ3v) is 5.14. The number of aromatic nitrogens is 1. The minimum absolute atomic E-state index is 0. The first-order chi connectivity index (χ1) is 12.5. The molecule has 4 rings (SSSR count). The fourth-order valence-electron chi connectivity index (χ4n) is 3.68. The van der Waals surface area contributed by atoms with E-state index in [9.17, 15) is 13.2 Å². The van der Waals surface area contributed by atoms with Crippen molar-refractivity contribution in [2.45, 2.75) is 26.2 Å². The van der Waals surface area contributed by atoms with Crippen LogP contribution in [0.5, 0.6) is 0 Å². The highest BCUT2D eigenvalue weighted by Crippen LogP contribution is 2.34. The molecule has 2 heterocycles. The molecule has 1 saturated heterocycles. The summed E-state index contributed by atoms with van der Waals surface area (Å²) >= 11 is 0. The van der Waals surface area contributed by atoms with E-state index in [-0.39, 0.29) is 13.1 Å². The van der Waals surface area contributed by atoms with Crippen molar-refractivity contribution >= 4 is 22.3 Å². The van der Waals surface area contributed by atoms with E-state index < -0.39 is 17.5 Å². The van der Waals surface area contributed by atoms with Crippen molar-refractivity contribution in [2.75, 3.05) is 25.5 Å². The van der Waals surface area contributed by atoms with Gasteiger partial charge >= 0.3 is 0 Å². The van der Waals surface area contributed by atoms with Crippen molar-refractivity contribution in [3.05, 3.63) is 59.5 Å². The minimum atomic E-state index is -1.46. The second-order valence-corrected chi connectivity index (χ2v) is 6.96. The van der Waals surface area contributed by atoms with Gasteiger partial charge in [0.1, 0.15) is 0 Å². The molecule has 0 saturated carbocycles. The molecule has 0 spiro atoms. The van der Waals surface area contributed by atoms with E-state index in [0.29, 0.717) is 11.6 Å². The van der Waals surface area contributed by atoms with E-state index in [1.165, 1.54) is 10.9 Å². The highest BCUT2D eigenvalue weighted by atomic mass is 19.2. The number of hydrogen-bond acceptors (Lipinski definition) is 2. The monoisotopic (exact) mass is 375 g/mol. The van der Waals surface area contributed by atoms with Gasteiger partial charge in [-0.1, -0.05) is 13.5 Å². The number of aromatic amines is 1. The van der Waals surface area contributed by atoms with Crippen molar-refractivity contribution < 1.29 is 13.2 Å². The summed E-state index contributed by atoms with van der Waals surface area (Å²) in [5, 5.41) is 4.09. The Hall–Kier alpha value is -2.47. The molecular formula is C21H24F3N3. The van der Waals surface area contributed by atoms with Gasteiger partial charge in [-0.15, -0.1) is 0 Å². The number of likely N-dealkylation sites (tertiary alicyclic amines) is 1. The van der Waals surface area contributed by atoms with Crippen LogP contribution in [-0.4, -0.2) is 30.0 Å². The lowest BCUT2D eigenvalue weighted by atomic mass is 9.89. The minimum Gasteiger partial charge on any atom is -0.361 e. The number of fused-ring (bicyclic) bond motifs is 1. The predicted octanol–water partition coefficient (Wildman–Crippen LogP) is 5.77. The molecule has 144 valence electrons. The third kappa shape index (κ3) is 3.81. The Morgan fingerprint density at radius 3 is 2.33 bits per heavy atom. The lowest BCUT2D eigenvalue weighted by molar-refractivity contribution is 0.256. The van der Waals surface area contributed by atoms with Gasteiger partial charge in [-0.05, 0) is 56.6 Å². The summed E-state index contributed by atoms with van der Waals surface area (Å²) in [7, 11) is 2.14. The Morgan fingerprint density at radius 1 is 1.00 bits per heavy atom. The van der Waals surface area contributed by atoms with Crippen LogP contribution in [0.4, 0.5) is 24.5 Å². The summed E-state index contributed by atoms with van der Waals surface area (Å²) < 4.78 is 39.8. The molecule has 0 atom stereocenters. The van der Waals surface area contributed by atoms with Gasteiger partial charge in [0.15, 0.2) is 17.5 Å². The average molecular weight is 375 g/mol. The van der Waals surface area contributed by atoms with E-state index in [4.69, 9.17) is 0 Å². The summed E-state index contributed by atoms with van der Waals surface area (Å²) in [6.45, 7) is 2.19. The number of anilines is 2. The normalized spacial score (nSPS) is 15.7. The molecule has 27 heavy (non-hydrogen) atoms. The molecule has 0 amide bonds. The molecule has 1 fully saturated rings. The molecule has 2 aromatic carbocycles. The van der Waals surface area contributed by atoms with E-state index in [1.807, 2.05) is 18.2 Å². The SMILES string of the molecule is C.CN1CCC(c2c[nH]c3cc(Nc4cc(F)c(F)c(F)c4)ccc23)CC1. The Labute approximate surface area is 157 Å². The molecule has 6 heteroatoms. The van der Waals surface area contributed by atoms with Crippen molar-refractivity contribution in [1.82, 2.24) is 9.88 Å². The van der Waals surface area contributed by atoms with Crippen LogP contribution in [0.25, 0.3) is 10.9 Å². The quantitative estimate of drug-likeness (QED) is 0.569. The standard InChI is InChI=1S/C20H20F3N3.CH4/c1-26-6-4-12(5-7-26)16-11-24-19-10-13(2-3-15(16)19)25-14-8-17(21)20(23)18(22)9-14;/h2-3,8-12,24-25H,4-7H2,1H3;1H4. The summed E-state index contributed by atoms with van der Waals surface area (Å²) in [4.78, 5) is 5.63. The Bertz CT molecular complexity index is 920. The highest BCUT2D eigenvalue weighted by Gasteiger charge is 2.21. The van der Waals surface area contributed by atoms with Crippen LogP contribution in [0.1, 0.15) is 31.7 Å². The van der Waals surface area contributed by atoms with Crippen LogP contribution in [0, 0.1) is 17.5 Å². The molecule has 2 N–H and O–H groups in total. The molecule has 3 aromatic rings. The number of H-pyrrole nitrogens is 1. The Kier molecular flexibility index (Phi) is 5.46. The van der Waals surface area contributed by atoms with E-state index in [0.717, 1.165) is 43.6 Å². The van der Waals surface area contributed by atoms with Crippen LogP contribution >= 0.6 is 0 Å². The van der Waals surface area contributed by atoms with Crippen molar-refractivity contribution in [3.8, 4) is 0 Å². The maximum Gasteiger partial charge on any atom is 0.194 e. The first-order valence-electron chi connectivity index (χ1n) is 8.72. The molecule has 1 aromatic heterocycles. The van der Waals surface area contributed by atoms with Crippen LogP contribution < -0.4 is 5.32 Å². The first-order valence-corrected chi connectivity index (χ1v) is 8.72. The Balaban J connectivity index is 0.00000210. The van der Waals surface area contributed by atoms with Crippen LogP contribution in [0.15, 0.2) is 36.5 Å². The maximum atomic E-state index is 13.4. The zero-order valence-corrected chi connectivity index (χ0v) is 14.5. The summed E-state index contributed by atoms with van der Waals surface area (Å²) in [6.07, 6.45) is 4.33. The van der Waals surface area contributed by atoms with Gasteiger partial charge in [-0.2, -0.15) is 0 Å². The number of nitrogens with zero attached hydrogens (tertiary/aromatic N) is 1. The second kappa shape index (κ2) is 7.64. The van der Waals surface area contributed by atoms with E-state index in [1.54, 1.807) is 0 Å². The number of piperidine rings is 1. The maximum absolute atomic E-state index is 13.4. The molecule has 0 aliphatic carbocycles. The van der Waals surface area contributed by atoms with Gasteiger partial charge in [-0.25, -0.2) is 13.2 Å². The molecular weight excluding hydrogens is 351 g/mol. The molecule has 1 aliphatic rings. The van der Waals surface area contributed by atoms with Crippen LogP contribution in [0.2, 0.25) is 0 Å². The van der Waals surface area contributed by atoms with Gasteiger partial charge < -0.3 is 15.2 Å². The Morgan fingerprint density at radius 2 is 1.67 bits per heavy atom. The average Bonchev–Trinajstić information content (AvgIpc) is 3.03. The van der Waals surface area contributed by atoms with Crippen molar-refractivity contribution in [1.29, 1.82) is 0 Å². The van der Waals surface area contributed by atoms with Gasteiger partial charge in [0.25, 0.3) is 0 Å². The molecule has 1 aliphatic heterocycles. The van der Waals surface area contributed by atoms with Gasteiger partial charge in [0.2, 0.25) is 0 Å². The largest absolute Gasteiger partial charge is 0.361 e. The van der Waals surface area contributed by atoms with Gasteiger partial charge in [-0.3, -0.25) is 0 Å². The smallest absolute Gasteiger partial charge is 0.194 e. The first kappa shape index (κ1) is 19.3. The predicted molar refractivity (Wildman–Crippen MR) is 104 cm³/mol. The summed E-state index contributed by atoms with van der Waals surface area (Å²) in [5.74, 6) is -3.34. The zero-order chi connectivity index (χ0) is 18.3. The van der Waals surface area contributed by atoms with E-state index >= 15 is 0 Å². The number of rotatable bonds is 3. The zero-order valence-electron chi connectivity index (χ0n) is 14.5. The van der Waals surface area contributed by atoms with Crippen molar-refractivity contribution in [2.24, 2.45) is 0 Å². The molecule has 0 bridgehead atoms. The topological polar surface area (TPSA) is 31.1 Å². The number of hydrogen-bond donors (Lipinski definition) is 2. The van der Waals surface area contributed by atoms with E-state index in [2.05, 4.69) is 28.4 Å². The number of benzene rings is 2. The van der Waals surface area contributed by atoms with Crippen molar-refractivity contribution in [3.63, 3.8) is 0 Å². The highest BCUT2D eigenvalue weighted by molar-refractivity contribution is 5.87.